The predicted molar refractivity (Wildman–Crippen MR) is 194 cm³/mol. The number of fused-ring (bicyclic) bond motifs is 4. The van der Waals surface area contributed by atoms with Crippen molar-refractivity contribution in [3.05, 3.63) is 82.9 Å². The molecule has 2 unspecified atom stereocenters. The van der Waals surface area contributed by atoms with Crippen LogP contribution in [0, 0.1) is 22.7 Å². The van der Waals surface area contributed by atoms with Crippen LogP contribution in [0.2, 0.25) is 0 Å². The number of nitrogens with one attached hydrogen (secondary N) is 1. The van der Waals surface area contributed by atoms with E-state index in [1.54, 1.807) is 69.3 Å². The van der Waals surface area contributed by atoms with Gasteiger partial charge in [0.15, 0.2) is 23.6 Å². The van der Waals surface area contributed by atoms with E-state index in [9.17, 15) is 34.2 Å². The van der Waals surface area contributed by atoms with Crippen molar-refractivity contribution in [3.63, 3.8) is 0 Å². The molecule has 0 radical (unpaired) electrons. The Bertz CT molecular complexity index is 2000. The summed E-state index contributed by atoms with van der Waals surface area (Å²) in [5, 5.41) is 27.6. The van der Waals surface area contributed by atoms with Gasteiger partial charge in [-0.3, -0.25) is 19.2 Å². The molecule has 0 aromatic heterocycles. The first-order chi connectivity index (χ1) is 26.4. The first kappa shape index (κ1) is 39.3. The second-order valence-corrected chi connectivity index (χ2v) is 16.4. The van der Waals surface area contributed by atoms with E-state index in [-0.39, 0.29) is 35.7 Å². The lowest BCUT2D eigenvalue weighted by atomic mass is 9.48. The highest BCUT2D eigenvalue weighted by molar-refractivity contribution is 5.97. The van der Waals surface area contributed by atoms with Gasteiger partial charge >= 0.3 is 23.9 Å². The summed E-state index contributed by atoms with van der Waals surface area (Å²) in [5.74, 6) is -6.04. The number of carbonyl (C=O) groups excluding carboxylic acids is 6. The number of aliphatic hydroxyl groups is 2. The van der Waals surface area contributed by atoms with Crippen LogP contribution in [0.3, 0.4) is 0 Å². The Morgan fingerprint density at radius 3 is 2.11 bits per heavy atom. The van der Waals surface area contributed by atoms with Crippen LogP contribution in [0.25, 0.3) is 0 Å². The number of carbonyl (C=O) groups is 6. The topological polar surface area (TPSA) is 201 Å². The molecule has 11 atom stereocenters. The van der Waals surface area contributed by atoms with Gasteiger partial charge in [-0.25, -0.2) is 9.59 Å². The fraction of sp³-hybridized carbons (Fsp3) is 0.524. The Morgan fingerprint density at radius 1 is 0.893 bits per heavy atom. The number of Topliss-reactive ketones (excluding diaryl/α,β-unsaturated/α-hetero) is 1. The van der Waals surface area contributed by atoms with Crippen molar-refractivity contribution < 1.29 is 62.7 Å². The smallest absolute Gasteiger partial charge is 0.338 e. The number of hydrogen-bond donors (Lipinski definition) is 3. The molecule has 7 rings (SSSR count). The quantitative estimate of drug-likeness (QED) is 0.191. The second-order valence-electron chi connectivity index (χ2n) is 16.4. The van der Waals surface area contributed by atoms with Crippen molar-refractivity contribution in [2.75, 3.05) is 6.61 Å². The zero-order chi connectivity index (χ0) is 40.5. The minimum atomic E-state index is -2.22. The Morgan fingerprint density at radius 2 is 1.54 bits per heavy atom. The molecule has 14 heteroatoms. The first-order valence-corrected chi connectivity index (χ1v) is 18.8. The van der Waals surface area contributed by atoms with E-state index in [0.29, 0.717) is 12.0 Å². The molecule has 298 valence electrons. The molecule has 1 amide bonds. The summed E-state index contributed by atoms with van der Waals surface area (Å²) in [6, 6.07) is 15.2. The number of esters is 4. The number of hydrogen-bond acceptors (Lipinski definition) is 13. The lowest BCUT2D eigenvalue weighted by Crippen LogP contribution is -2.78. The molecular formula is C42H47NO13. The Balaban J connectivity index is 1.40. The van der Waals surface area contributed by atoms with Crippen LogP contribution in [-0.2, 0) is 47.7 Å². The van der Waals surface area contributed by atoms with Crippen molar-refractivity contribution in [2.45, 2.75) is 109 Å². The third-order valence-electron chi connectivity index (χ3n) is 12.9. The molecule has 14 nitrogen and oxygen atoms in total. The molecule has 5 aliphatic rings. The largest absolute Gasteiger partial charge is 0.456 e. The highest BCUT2D eigenvalue weighted by atomic mass is 16.6. The molecular weight excluding hydrogens is 726 g/mol. The van der Waals surface area contributed by atoms with Gasteiger partial charge in [0.1, 0.15) is 23.9 Å². The number of ketones is 1. The first-order valence-electron chi connectivity index (χ1n) is 18.8. The molecule has 1 heterocycles. The fourth-order valence-electron chi connectivity index (χ4n) is 10.2. The van der Waals surface area contributed by atoms with Crippen LogP contribution in [0.5, 0.6) is 0 Å². The van der Waals surface area contributed by atoms with Crippen molar-refractivity contribution in [1.29, 1.82) is 0 Å². The molecule has 56 heavy (non-hydrogen) atoms. The number of ether oxygens (including phenoxy) is 5. The van der Waals surface area contributed by atoms with Gasteiger partial charge in [0, 0.05) is 38.0 Å². The Labute approximate surface area is 323 Å². The van der Waals surface area contributed by atoms with Gasteiger partial charge in [-0.15, -0.1) is 0 Å². The summed E-state index contributed by atoms with van der Waals surface area (Å²) < 4.78 is 30.5. The molecule has 3 saturated carbocycles. The van der Waals surface area contributed by atoms with Crippen LogP contribution in [-0.4, -0.2) is 94.1 Å². The SMILES string of the molecule is CC(=O)NC(c1ccccc1)[C@@H](O)C(=O)OC1C[C@@]2(O)[C@@H](OC(=O)c3ccccc3)[C@@H]3[C@]4(OC(C)=O)CO[C@@H]4C[C@@H]4C[C@@]43C(=O)[C@H](OC(C)=O)C(=C1C)C2(C)C. The van der Waals surface area contributed by atoms with Gasteiger partial charge < -0.3 is 39.2 Å². The highest BCUT2D eigenvalue weighted by Gasteiger charge is 2.84. The average Bonchev–Trinajstić information content (AvgIpc) is 3.87. The number of amides is 1. The van der Waals surface area contributed by atoms with E-state index in [1.165, 1.54) is 26.0 Å². The molecule has 1 aliphatic heterocycles. The Hall–Kier alpha value is -4.92. The van der Waals surface area contributed by atoms with Crippen molar-refractivity contribution >= 4 is 35.6 Å². The summed E-state index contributed by atoms with van der Waals surface area (Å²) >= 11 is 0. The van der Waals surface area contributed by atoms with E-state index in [4.69, 9.17) is 23.7 Å². The summed E-state index contributed by atoms with van der Waals surface area (Å²) in [7, 11) is 0. The lowest BCUT2D eigenvalue weighted by molar-refractivity contribution is -0.323. The predicted octanol–water partition coefficient (Wildman–Crippen LogP) is 3.08. The van der Waals surface area contributed by atoms with Crippen LogP contribution in [0.1, 0.15) is 82.8 Å². The summed E-state index contributed by atoms with van der Waals surface area (Å²) in [6.07, 6.45) is -7.01. The zero-order valence-electron chi connectivity index (χ0n) is 32.1. The summed E-state index contributed by atoms with van der Waals surface area (Å²) in [5.41, 5.74) is -5.67. The van der Waals surface area contributed by atoms with E-state index in [0.717, 1.165) is 6.92 Å². The Kier molecular flexibility index (Phi) is 9.78. The van der Waals surface area contributed by atoms with Gasteiger partial charge in [-0.2, -0.15) is 0 Å². The second kappa shape index (κ2) is 13.9. The van der Waals surface area contributed by atoms with Crippen LogP contribution in [0.15, 0.2) is 71.8 Å². The maximum absolute atomic E-state index is 15.4. The summed E-state index contributed by atoms with van der Waals surface area (Å²) in [4.78, 5) is 81.5. The lowest BCUT2D eigenvalue weighted by Gasteiger charge is -2.64. The van der Waals surface area contributed by atoms with E-state index in [1.807, 2.05) is 0 Å². The maximum atomic E-state index is 15.4. The highest BCUT2D eigenvalue weighted by Crippen LogP contribution is 2.74. The van der Waals surface area contributed by atoms with Crippen LogP contribution >= 0.6 is 0 Å². The number of rotatable bonds is 9. The van der Waals surface area contributed by atoms with Gasteiger partial charge in [-0.05, 0) is 54.5 Å². The molecule has 4 fully saturated rings. The minimum absolute atomic E-state index is 0.146. The number of benzene rings is 2. The van der Waals surface area contributed by atoms with Gasteiger partial charge in [-0.1, -0.05) is 62.4 Å². The standard InChI is InChI=1S/C42H47NO13/c1-21-28(54-38(50)32(47)31(43-22(2)44)25-13-9-7-10-14-25)19-42(51)36(55-37(49)26-15-11-8-12-16-26)34-40(35(48)33(53-23(3)45)30(21)39(42,5)6)18-27(40)17-29-41(34,20-52-29)56-24(4)46/h7-16,27-29,31-34,36,47,51H,17-20H2,1-6H3,(H,43,44)/t27-,28?,29-,31?,32-,33-,34+,36+,40-,41+,42-/m1/s1. The van der Waals surface area contributed by atoms with E-state index >= 15 is 4.79 Å². The summed E-state index contributed by atoms with van der Waals surface area (Å²) in [6.45, 7) is 8.32. The van der Waals surface area contributed by atoms with Gasteiger partial charge in [0.05, 0.1) is 24.1 Å². The molecule has 2 aromatic carbocycles. The molecule has 4 aliphatic carbocycles. The fourth-order valence-corrected chi connectivity index (χ4v) is 10.2. The van der Waals surface area contributed by atoms with Gasteiger partial charge in [0.2, 0.25) is 5.91 Å². The van der Waals surface area contributed by atoms with Crippen LogP contribution < -0.4 is 5.32 Å². The van der Waals surface area contributed by atoms with Crippen molar-refractivity contribution in [3.8, 4) is 0 Å². The molecule has 2 bridgehead atoms. The number of aliphatic hydroxyl groups excluding tert-OH is 1. The van der Waals surface area contributed by atoms with Crippen molar-refractivity contribution in [2.24, 2.45) is 22.7 Å². The molecule has 2 aromatic rings. The third kappa shape index (κ3) is 6.04. The molecule has 1 saturated heterocycles. The average molecular weight is 774 g/mol. The molecule has 3 N–H and O–H groups in total. The van der Waals surface area contributed by atoms with Gasteiger partial charge in [0.25, 0.3) is 0 Å². The third-order valence-corrected chi connectivity index (χ3v) is 12.9. The van der Waals surface area contributed by atoms with E-state index in [2.05, 4.69) is 5.32 Å². The normalized spacial score (nSPS) is 34.6. The monoisotopic (exact) mass is 773 g/mol. The van der Waals surface area contributed by atoms with E-state index < -0.39 is 107 Å². The van der Waals surface area contributed by atoms with Crippen molar-refractivity contribution in [1.82, 2.24) is 5.32 Å². The van der Waals surface area contributed by atoms with Crippen LogP contribution in [0.4, 0.5) is 0 Å². The molecule has 1 spiro atoms. The maximum Gasteiger partial charge on any atom is 0.338 e. The minimum Gasteiger partial charge on any atom is -0.456 e. The zero-order valence-corrected chi connectivity index (χ0v) is 32.1.